The van der Waals surface area contributed by atoms with Crippen LogP contribution in [-0.4, -0.2) is 7.11 Å². The van der Waals surface area contributed by atoms with Crippen LogP contribution in [0.25, 0.3) is 0 Å². The van der Waals surface area contributed by atoms with E-state index in [9.17, 15) is 0 Å². The van der Waals surface area contributed by atoms with Gasteiger partial charge in [-0.3, -0.25) is 0 Å². The summed E-state index contributed by atoms with van der Waals surface area (Å²) in [6, 6.07) is 3.98. The van der Waals surface area contributed by atoms with Gasteiger partial charge in [-0.05, 0) is 36.5 Å². The molecule has 0 bridgehead atoms. The molecule has 0 saturated heterocycles. The number of methoxy groups -OCH3 is 1. The second-order valence-electron chi connectivity index (χ2n) is 3.29. The lowest BCUT2D eigenvalue weighted by molar-refractivity contribution is 0.414. The molecular weight excluding hydrogens is 251 g/mol. The smallest absolute Gasteiger partial charge is 0.138 e. The van der Waals surface area contributed by atoms with Gasteiger partial charge >= 0.3 is 0 Å². The van der Waals surface area contributed by atoms with E-state index >= 15 is 0 Å². The van der Waals surface area contributed by atoms with Gasteiger partial charge < -0.3 is 4.74 Å². The Bertz CT molecular complexity index is 334. The molecule has 0 N–H and O–H groups in total. The highest BCUT2D eigenvalue weighted by molar-refractivity contribution is 9.10. The van der Waals surface area contributed by atoms with Crippen molar-refractivity contribution in [2.45, 2.75) is 18.8 Å². The largest absolute Gasteiger partial charge is 0.495 e. The third-order valence-corrected chi connectivity index (χ3v) is 3.13. The van der Waals surface area contributed by atoms with Crippen LogP contribution in [0.3, 0.4) is 0 Å². The van der Waals surface area contributed by atoms with Crippen molar-refractivity contribution in [1.29, 1.82) is 0 Å². The Morgan fingerprint density at radius 1 is 1.46 bits per heavy atom. The first-order valence-electron chi connectivity index (χ1n) is 4.25. The maximum absolute atomic E-state index is 6.17. The lowest BCUT2D eigenvalue weighted by Crippen LogP contribution is -1.89. The molecular formula is C10H10BrClO. The molecule has 1 aliphatic rings. The fourth-order valence-corrected chi connectivity index (χ4v) is 2.22. The Balaban J connectivity index is 2.47. The van der Waals surface area contributed by atoms with E-state index in [1.807, 2.05) is 6.07 Å². The van der Waals surface area contributed by atoms with Crippen molar-refractivity contribution in [3.63, 3.8) is 0 Å². The molecule has 1 aromatic carbocycles. The molecule has 0 unspecified atom stereocenters. The summed E-state index contributed by atoms with van der Waals surface area (Å²) in [5.74, 6) is 1.41. The first-order valence-corrected chi connectivity index (χ1v) is 5.42. The summed E-state index contributed by atoms with van der Waals surface area (Å²) in [5, 5.41) is 0.771. The zero-order valence-corrected chi connectivity index (χ0v) is 9.65. The summed E-state index contributed by atoms with van der Waals surface area (Å²) in [6.45, 7) is 0. The quantitative estimate of drug-likeness (QED) is 0.782. The fourth-order valence-electron chi connectivity index (χ4n) is 1.42. The van der Waals surface area contributed by atoms with Crippen molar-refractivity contribution in [2.75, 3.05) is 7.11 Å². The molecule has 0 aromatic heterocycles. The van der Waals surface area contributed by atoms with Crippen molar-refractivity contribution in [2.24, 2.45) is 0 Å². The van der Waals surface area contributed by atoms with Crippen LogP contribution in [0.4, 0.5) is 0 Å². The Morgan fingerprint density at radius 3 is 2.69 bits per heavy atom. The standard InChI is InChI=1S/C10H10BrClO/c1-13-9-5-7(11)4-8(10(9)12)6-2-3-6/h4-6H,2-3H2,1H3. The van der Waals surface area contributed by atoms with E-state index < -0.39 is 0 Å². The zero-order chi connectivity index (χ0) is 9.42. The molecule has 3 heteroatoms. The van der Waals surface area contributed by atoms with Gasteiger partial charge in [-0.25, -0.2) is 0 Å². The predicted octanol–water partition coefficient (Wildman–Crippen LogP) is 3.99. The van der Waals surface area contributed by atoms with Gasteiger partial charge in [0.25, 0.3) is 0 Å². The van der Waals surface area contributed by atoms with E-state index in [1.54, 1.807) is 7.11 Å². The number of halogens is 2. The van der Waals surface area contributed by atoms with Crippen LogP contribution in [0.1, 0.15) is 24.3 Å². The first-order chi connectivity index (χ1) is 6.22. The fraction of sp³-hybridized carbons (Fsp3) is 0.400. The minimum atomic E-state index is 0.652. The lowest BCUT2D eigenvalue weighted by atomic mass is 10.1. The summed E-state index contributed by atoms with van der Waals surface area (Å²) in [7, 11) is 1.64. The lowest BCUT2D eigenvalue weighted by Gasteiger charge is -2.08. The Kier molecular flexibility index (Phi) is 2.52. The minimum Gasteiger partial charge on any atom is -0.495 e. The van der Waals surface area contributed by atoms with Crippen molar-refractivity contribution in [1.82, 2.24) is 0 Å². The van der Waals surface area contributed by atoms with Crippen molar-refractivity contribution in [3.05, 3.63) is 27.2 Å². The predicted molar refractivity (Wildman–Crippen MR) is 57.7 cm³/mol. The average Bonchev–Trinajstić information content (AvgIpc) is 2.91. The number of rotatable bonds is 2. The van der Waals surface area contributed by atoms with Crippen LogP contribution < -0.4 is 4.74 Å². The summed E-state index contributed by atoms with van der Waals surface area (Å²) in [4.78, 5) is 0. The Morgan fingerprint density at radius 2 is 2.15 bits per heavy atom. The third kappa shape index (κ3) is 1.84. The van der Waals surface area contributed by atoms with Crippen LogP contribution in [0.2, 0.25) is 5.02 Å². The molecule has 1 fully saturated rings. The highest BCUT2D eigenvalue weighted by atomic mass is 79.9. The molecule has 0 heterocycles. The molecule has 70 valence electrons. The number of hydrogen-bond acceptors (Lipinski definition) is 1. The van der Waals surface area contributed by atoms with E-state index in [-0.39, 0.29) is 0 Å². The van der Waals surface area contributed by atoms with Gasteiger partial charge in [0.2, 0.25) is 0 Å². The van der Waals surface area contributed by atoms with E-state index in [2.05, 4.69) is 22.0 Å². The molecule has 2 rings (SSSR count). The first kappa shape index (κ1) is 9.35. The van der Waals surface area contributed by atoms with Gasteiger partial charge in [0, 0.05) is 4.47 Å². The van der Waals surface area contributed by atoms with Crippen LogP contribution >= 0.6 is 27.5 Å². The van der Waals surface area contributed by atoms with E-state index in [1.165, 1.54) is 18.4 Å². The maximum Gasteiger partial charge on any atom is 0.138 e. The normalized spacial score (nSPS) is 15.9. The van der Waals surface area contributed by atoms with Crippen LogP contribution in [0.5, 0.6) is 5.75 Å². The molecule has 0 radical (unpaired) electrons. The Hall–Kier alpha value is -0.210. The molecule has 0 amide bonds. The maximum atomic E-state index is 6.17. The second-order valence-corrected chi connectivity index (χ2v) is 4.58. The Labute approximate surface area is 91.2 Å². The monoisotopic (exact) mass is 260 g/mol. The van der Waals surface area contributed by atoms with Gasteiger partial charge in [0.05, 0.1) is 12.1 Å². The minimum absolute atomic E-state index is 0.652. The molecule has 1 nitrogen and oxygen atoms in total. The van der Waals surface area contributed by atoms with Gasteiger partial charge in [-0.15, -0.1) is 0 Å². The van der Waals surface area contributed by atoms with E-state index in [0.29, 0.717) is 5.92 Å². The number of benzene rings is 1. The molecule has 1 aliphatic carbocycles. The summed E-state index contributed by atoms with van der Waals surface area (Å²) in [6.07, 6.45) is 2.50. The summed E-state index contributed by atoms with van der Waals surface area (Å²) >= 11 is 9.62. The van der Waals surface area contributed by atoms with Crippen molar-refractivity contribution < 1.29 is 4.74 Å². The topological polar surface area (TPSA) is 9.23 Å². The molecule has 1 aromatic rings. The second kappa shape index (κ2) is 3.50. The molecule has 0 atom stereocenters. The number of hydrogen-bond donors (Lipinski definition) is 0. The SMILES string of the molecule is COc1cc(Br)cc(C2CC2)c1Cl. The van der Waals surface area contributed by atoms with E-state index in [4.69, 9.17) is 16.3 Å². The van der Waals surface area contributed by atoms with Gasteiger partial charge in [0.15, 0.2) is 0 Å². The molecule has 0 spiro atoms. The highest BCUT2D eigenvalue weighted by Crippen LogP contribution is 2.46. The zero-order valence-electron chi connectivity index (χ0n) is 7.31. The molecule has 13 heavy (non-hydrogen) atoms. The van der Waals surface area contributed by atoms with Crippen LogP contribution in [0, 0.1) is 0 Å². The van der Waals surface area contributed by atoms with Crippen molar-refractivity contribution >= 4 is 27.5 Å². The average molecular weight is 262 g/mol. The highest BCUT2D eigenvalue weighted by Gasteiger charge is 2.27. The van der Waals surface area contributed by atoms with Crippen LogP contribution in [0.15, 0.2) is 16.6 Å². The number of ether oxygens (including phenoxy) is 1. The third-order valence-electron chi connectivity index (χ3n) is 2.27. The molecule has 1 saturated carbocycles. The summed E-state index contributed by atoms with van der Waals surface area (Å²) < 4.78 is 6.22. The van der Waals surface area contributed by atoms with Crippen LogP contribution in [-0.2, 0) is 0 Å². The molecule has 0 aliphatic heterocycles. The van der Waals surface area contributed by atoms with Gasteiger partial charge in [-0.2, -0.15) is 0 Å². The summed E-state index contributed by atoms with van der Waals surface area (Å²) in [5.41, 5.74) is 1.22. The van der Waals surface area contributed by atoms with E-state index in [0.717, 1.165) is 15.2 Å². The van der Waals surface area contributed by atoms with Crippen molar-refractivity contribution in [3.8, 4) is 5.75 Å². The van der Waals surface area contributed by atoms with Gasteiger partial charge in [-0.1, -0.05) is 27.5 Å². The van der Waals surface area contributed by atoms with Gasteiger partial charge in [0.1, 0.15) is 5.75 Å².